The quantitative estimate of drug-likeness (QED) is 0.759. The van der Waals surface area contributed by atoms with E-state index in [9.17, 15) is 0 Å². The monoisotopic (exact) mass is 250 g/mol. The highest BCUT2D eigenvalue weighted by molar-refractivity contribution is 5.39. The summed E-state index contributed by atoms with van der Waals surface area (Å²) in [6.07, 6.45) is 1.14. The van der Waals surface area contributed by atoms with Gasteiger partial charge >= 0.3 is 0 Å². The first-order valence-corrected chi connectivity index (χ1v) is 6.67. The largest absolute Gasteiger partial charge is 0.355 e. The van der Waals surface area contributed by atoms with Crippen molar-refractivity contribution in [1.82, 2.24) is 15.2 Å². The van der Waals surface area contributed by atoms with Crippen LogP contribution < -0.4 is 10.2 Å². The Morgan fingerprint density at radius 2 is 1.94 bits per heavy atom. The van der Waals surface area contributed by atoms with Crippen LogP contribution in [-0.2, 0) is 6.54 Å². The van der Waals surface area contributed by atoms with Crippen LogP contribution in [0.25, 0.3) is 0 Å². The summed E-state index contributed by atoms with van der Waals surface area (Å²) in [7, 11) is 6.16. The third kappa shape index (κ3) is 5.02. The summed E-state index contributed by atoms with van der Waals surface area (Å²) in [6, 6.07) is 6.26. The maximum absolute atomic E-state index is 4.70. The van der Waals surface area contributed by atoms with Gasteiger partial charge in [-0.1, -0.05) is 13.0 Å². The topological polar surface area (TPSA) is 31.4 Å². The average molecular weight is 250 g/mol. The molecule has 0 aliphatic heterocycles. The SMILES string of the molecule is CCCN(CCN(C)C)c1cccc(CNC)n1. The molecule has 0 aliphatic rings. The molecule has 18 heavy (non-hydrogen) atoms. The first kappa shape index (κ1) is 14.9. The lowest BCUT2D eigenvalue weighted by atomic mass is 10.3. The second-order valence-corrected chi connectivity index (χ2v) is 4.81. The second-order valence-electron chi connectivity index (χ2n) is 4.81. The molecule has 0 aliphatic carbocycles. The van der Waals surface area contributed by atoms with E-state index in [-0.39, 0.29) is 0 Å². The van der Waals surface area contributed by atoms with Crippen LogP contribution in [0.5, 0.6) is 0 Å². The first-order chi connectivity index (χ1) is 8.67. The predicted molar refractivity (Wildman–Crippen MR) is 78.1 cm³/mol. The molecular formula is C14H26N4. The Morgan fingerprint density at radius 3 is 2.56 bits per heavy atom. The van der Waals surface area contributed by atoms with Crippen molar-refractivity contribution in [2.45, 2.75) is 19.9 Å². The van der Waals surface area contributed by atoms with Gasteiger partial charge in [0, 0.05) is 26.2 Å². The fraction of sp³-hybridized carbons (Fsp3) is 0.643. The summed E-state index contributed by atoms with van der Waals surface area (Å²) in [4.78, 5) is 9.27. The Balaban J connectivity index is 2.73. The van der Waals surface area contributed by atoms with Crippen molar-refractivity contribution in [1.29, 1.82) is 0 Å². The van der Waals surface area contributed by atoms with E-state index in [2.05, 4.69) is 54.3 Å². The zero-order valence-corrected chi connectivity index (χ0v) is 12.1. The molecule has 1 N–H and O–H groups in total. The van der Waals surface area contributed by atoms with Crippen molar-refractivity contribution in [2.24, 2.45) is 0 Å². The molecule has 0 fully saturated rings. The van der Waals surface area contributed by atoms with Crippen LogP contribution in [0, 0.1) is 0 Å². The number of nitrogens with one attached hydrogen (secondary N) is 1. The molecule has 4 heteroatoms. The predicted octanol–water partition coefficient (Wildman–Crippen LogP) is 1.58. The lowest BCUT2D eigenvalue weighted by molar-refractivity contribution is 0.412. The Labute approximate surface area is 111 Å². The number of hydrogen-bond acceptors (Lipinski definition) is 4. The van der Waals surface area contributed by atoms with Gasteiger partial charge in [0.1, 0.15) is 5.82 Å². The van der Waals surface area contributed by atoms with Gasteiger partial charge in [0.05, 0.1) is 5.69 Å². The van der Waals surface area contributed by atoms with Crippen molar-refractivity contribution in [3.05, 3.63) is 23.9 Å². The number of pyridine rings is 1. The summed E-state index contributed by atoms with van der Waals surface area (Å²) in [5, 5.41) is 3.14. The number of hydrogen-bond donors (Lipinski definition) is 1. The molecular weight excluding hydrogens is 224 g/mol. The molecule has 1 aromatic rings. The molecule has 0 atom stereocenters. The van der Waals surface area contributed by atoms with Gasteiger partial charge in [-0.05, 0) is 39.7 Å². The molecule has 102 valence electrons. The van der Waals surface area contributed by atoms with Gasteiger partial charge in [0.15, 0.2) is 0 Å². The van der Waals surface area contributed by atoms with Gasteiger partial charge in [-0.2, -0.15) is 0 Å². The molecule has 4 nitrogen and oxygen atoms in total. The van der Waals surface area contributed by atoms with Crippen LogP contribution in [0.3, 0.4) is 0 Å². The van der Waals surface area contributed by atoms with Crippen LogP contribution in [0.1, 0.15) is 19.0 Å². The minimum Gasteiger partial charge on any atom is -0.355 e. The molecule has 0 amide bonds. The Kier molecular flexibility index (Phi) is 6.68. The molecule has 0 radical (unpaired) electrons. The minimum atomic E-state index is 0.821. The lowest BCUT2D eigenvalue weighted by Crippen LogP contribution is -2.33. The van der Waals surface area contributed by atoms with Crippen LogP contribution in [0.15, 0.2) is 18.2 Å². The highest BCUT2D eigenvalue weighted by Crippen LogP contribution is 2.12. The molecule has 1 aromatic heterocycles. The van der Waals surface area contributed by atoms with Gasteiger partial charge in [-0.15, -0.1) is 0 Å². The van der Waals surface area contributed by atoms with Crippen molar-refractivity contribution in [2.75, 3.05) is 45.7 Å². The molecule has 0 bridgehead atoms. The standard InChI is InChI=1S/C14H26N4/c1-5-9-18(11-10-17(3)4)14-8-6-7-13(16-14)12-15-2/h6-8,15H,5,9-12H2,1-4H3. The number of aromatic nitrogens is 1. The highest BCUT2D eigenvalue weighted by atomic mass is 15.2. The van der Waals surface area contributed by atoms with Gasteiger partial charge in [0.2, 0.25) is 0 Å². The summed E-state index contributed by atoms with van der Waals surface area (Å²) in [6.45, 7) is 6.17. The summed E-state index contributed by atoms with van der Waals surface area (Å²) in [5.41, 5.74) is 1.10. The Hall–Kier alpha value is -1.13. The van der Waals surface area contributed by atoms with Gasteiger partial charge in [-0.3, -0.25) is 0 Å². The molecule has 0 saturated carbocycles. The molecule has 1 heterocycles. The normalized spacial score (nSPS) is 10.9. The minimum absolute atomic E-state index is 0.821. The van der Waals surface area contributed by atoms with E-state index in [0.717, 1.165) is 44.1 Å². The first-order valence-electron chi connectivity index (χ1n) is 6.67. The molecule has 0 aromatic carbocycles. The van der Waals surface area contributed by atoms with Crippen molar-refractivity contribution < 1.29 is 0 Å². The summed E-state index contributed by atoms with van der Waals surface area (Å²) in [5.74, 6) is 1.09. The molecule has 0 unspecified atom stereocenters. The van der Waals surface area contributed by atoms with Gasteiger partial charge < -0.3 is 15.1 Å². The summed E-state index contributed by atoms with van der Waals surface area (Å²) >= 11 is 0. The highest BCUT2D eigenvalue weighted by Gasteiger charge is 2.07. The van der Waals surface area contributed by atoms with Crippen molar-refractivity contribution in [3.8, 4) is 0 Å². The van der Waals surface area contributed by atoms with Crippen LogP contribution in [0.2, 0.25) is 0 Å². The van der Waals surface area contributed by atoms with E-state index in [1.54, 1.807) is 0 Å². The Morgan fingerprint density at radius 1 is 1.17 bits per heavy atom. The van der Waals surface area contributed by atoms with E-state index < -0.39 is 0 Å². The zero-order chi connectivity index (χ0) is 13.4. The van der Waals surface area contributed by atoms with Gasteiger partial charge in [-0.25, -0.2) is 4.98 Å². The fourth-order valence-corrected chi connectivity index (χ4v) is 1.85. The zero-order valence-electron chi connectivity index (χ0n) is 12.1. The van der Waals surface area contributed by atoms with E-state index in [4.69, 9.17) is 4.98 Å². The van der Waals surface area contributed by atoms with Crippen LogP contribution in [-0.4, -0.2) is 50.7 Å². The Bertz CT molecular complexity index is 338. The van der Waals surface area contributed by atoms with Crippen LogP contribution >= 0.6 is 0 Å². The number of nitrogens with zero attached hydrogens (tertiary/aromatic N) is 3. The third-order valence-electron chi connectivity index (χ3n) is 2.78. The summed E-state index contributed by atoms with van der Waals surface area (Å²) < 4.78 is 0. The van der Waals surface area contributed by atoms with Crippen molar-refractivity contribution >= 4 is 5.82 Å². The fourth-order valence-electron chi connectivity index (χ4n) is 1.85. The van der Waals surface area contributed by atoms with E-state index in [1.165, 1.54) is 0 Å². The maximum atomic E-state index is 4.70. The average Bonchev–Trinajstić information content (AvgIpc) is 2.35. The number of rotatable bonds is 8. The maximum Gasteiger partial charge on any atom is 0.128 e. The molecule has 0 spiro atoms. The molecule has 0 saturated heterocycles. The number of anilines is 1. The van der Waals surface area contributed by atoms with E-state index in [0.29, 0.717) is 0 Å². The van der Waals surface area contributed by atoms with Crippen molar-refractivity contribution in [3.63, 3.8) is 0 Å². The second kappa shape index (κ2) is 8.06. The van der Waals surface area contributed by atoms with E-state index in [1.807, 2.05) is 7.05 Å². The lowest BCUT2D eigenvalue weighted by Gasteiger charge is -2.25. The number of likely N-dealkylation sites (N-methyl/N-ethyl adjacent to an activating group) is 1. The van der Waals surface area contributed by atoms with Gasteiger partial charge in [0.25, 0.3) is 0 Å². The smallest absolute Gasteiger partial charge is 0.128 e. The molecule has 1 rings (SSSR count). The van der Waals surface area contributed by atoms with E-state index >= 15 is 0 Å². The third-order valence-corrected chi connectivity index (χ3v) is 2.78. The van der Waals surface area contributed by atoms with Crippen LogP contribution in [0.4, 0.5) is 5.82 Å².